The van der Waals surface area contributed by atoms with Crippen molar-refractivity contribution in [1.82, 2.24) is 4.98 Å². The number of pyridine rings is 1. The quantitative estimate of drug-likeness (QED) is 0.320. The van der Waals surface area contributed by atoms with Gasteiger partial charge >= 0.3 is 5.97 Å². The molecule has 0 aromatic carbocycles. The Morgan fingerprint density at radius 2 is 1.38 bits per heavy atom. The lowest BCUT2D eigenvalue weighted by Gasteiger charge is -2.19. The molecule has 0 radical (unpaired) electrons. The Kier molecular flexibility index (Phi) is 13.0. The van der Waals surface area contributed by atoms with E-state index < -0.39 is 5.60 Å². The molecule has 0 aliphatic carbocycles. The molecule has 0 saturated heterocycles. The largest absolute Gasteiger partial charge is 0.475 e. The summed E-state index contributed by atoms with van der Waals surface area (Å²) in [5, 5.41) is 0. The molecule has 0 unspecified atom stereocenters. The van der Waals surface area contributed by atoms with Crippen molar-refractivity contribution in [1.29, 1.82) is 0 Å². The molecular formula is C20H34N2O7. The van der Waals surface area contributed by atoms with Crippen LogP contribution in [-0.2, 0) is 28.5 Å². The van der Waals surface area contributed by atoms with Crippen LogP contribution in [0.3, 0.4) is 0 Å². The Balaban J connectivity index is 1.78. The first-order valence-corrected chi connectivity index (χ1v) is 9.74. The molecule has 1 aromatic rings. The van der Waals surface area contributed by atoms with Gasteiger partial charge in [-0.25, -0.2) is 4.98 Å². The number of nitrogen functional groups attached to an aromatic ring is 1. The lowest BCUT2D eigenvalue weighted by atomic mass is 10.2. The Bertz CT molecular complexity index is 547. The van der Waals surface area contributed by atoms with Crippen LogP contribution in [0.25, 0.3) is 0 Å². The normalized spacial score (nSPS) is 11.4. The molecule has 1 aromatic heterocycles. The zero-order chi connectivity index (χ0) is 21.4. The fourth-order valence-corrected chi connectivity index (χ4v) is 1.99. The summed E-state index contributed by atoms with van der Waals surface area (Å²) in [5.41, 5.74) is 5.68. The van der Waals surface area contributed by atoms with Crippen molar-refractivity contribution >= 4 is 11.7 Å². The Morgan fingerprint density at radius 3 is 1.86 bits per heavy atom. The van der Waals surface area contributed by atoms with E-state index in [1.165, 1.54) is 0 Å². The Morgan fingerprint density at radius 1 is 0.862 bits per heavy atom. The molecule has 0 spiro atoms. The molecule has 1 heterocycles. The third kappa shape index (κ3) is 15.6. The average molecular weight is 414 g/mol. The Hall–Kier alpha value is -1.94. The van der Waals surface area contributed by atoms with Crippen LogP contribution in [0, 0.1) is 0 Å². The number of nitrogens with two attached hydrogens (primary N) is 1. The number of aromatic nitrogens is 1. The molecule has 1 rings (SSSR count). The van der Waals surface area contributed by atoms with Gasteiger partial charge in [0.25, 0.3) is 0 Å². The molecule has 166 valence electrons. The Labute approximate surface area is 172 Å². The smallest absolute Gasteiger partial charge is 0.308 e. The summed E-state index contributed by atoms with van der Waals surface area (Å²) >= 11 is 0. The fourth-order valence-electron chi connectivity index (χ4n) is 1.99. The summed E-state index contributed by atoms with van der Waals surface area (Å²) in [6.45, 7) is 9.48. The zero-order valence-corrected chi connectivity index (χ0v) is 17.7. The van der Waals surface area contributed by atoms with Crippen LogP contribution >= 0.6 is 0 Å². The molecule has 0 fully saturated rings. The van der Waals surface area contributed by atoms with E-state index in [1.54, 1.807) is 18.3 Å². The number of carbonyl (C=O) groups excluding carboxylic acids is 1. The van der Waals surface area contributed by atoms with Crippen LogP contribution < -0.4 is 10.5 Å². The summed E-state index contributed by atoms with van der Waals surface area (Å²) in [6.07, 6.45) is 1.78. The minimum absolute atomic E-state index is 0.238. The van der Waals surface area contributed by atoms with E-state index >= 15 is 0 Å². The third-order valence-electron chi connectivity index (χ3n) is 3.22. The van der Waals surface area contributed by atoms with Crippen molar-refractivity contribution < 1.29 is 33.2 Å². The summed E-state index contributed by atoms with van der Waals surface area (Å²) < 4.78 is 32.1. The van der Waals surface area contributed by atoms with Crippen LogP contribution in [0.1, 0.15) is 27.2 Å². The van der Waals surface area contributed by atoms with Crippen molar-refractivity contribution in [3.8, 4) is 5.88 Å². The second-order valence-corrected chi connectivity index (χ2v) is 7.06. The number of anilines is 1. The van der Waals surface area contributed by atoms with Gasteiger partial charge in [0.15, 0.2) is 0 Å². The van der Waals surface area contributed by atoms with Crippen LogP contribution in [0.4, 0.5) is 5.69 Å². The number of ether oxygens (including phenoxy) is 6. The lowest BCUT2D eigenvalue weighted by molar-refractivity contribution is -0.156. The minimum atomic E-state index is -0.464. The van der Waals surface area contributed by atoms with E-state index in [4.69, 9.17) is 34.2 Å². The molecular weight excluding hydrogens is 380 g/mol. The van der Waals surface area contributed by atoms with Crippen molar-refractivity contribution in [2.45, 2.75) is 32.8 Å². The van der Waals surface area contributed by atoms with Crippen LogP contribution in [-0.4, -0.2) is 76.0 Å². The number of esters is 1. The van der Waals surface area contributed by atoms with Crippen LogP contribution in [0.5, 0.6) is 5.88 Å². The molecule has 0 bridgehead atoms. The lowest BCUT2D eigenvalue weighted by Crippen LogP contribution is -2.24. The second kappa shape index (κ2) is 15.0. The van der Waals surface area contributed by atoms with E-state index in [2.05, 4.69) is 4.98 Å². The summed E-state index contributed by atoms with van der Waals surface area (Å²) in [7, 11) is 0. The number of hydrogen-bond acceptors (Lipinski definition) is 9. The molecule has 0 aliphatic heterocycles. The van der Waals surface area contributed by atoms with E-state index in [-0.39, 0.29) is 12.4 Å². The highest BCUT2D eigenvalue weighted by Gasteiger charge is 2.15. The van der Waals surface area contributed by atoms with Crippen molar-refractivity contribution in [3.05, 3.63) is 18.3 Å². The third-order valence-corrected chi connectivity index (χ3v) is 3.22. The van der Waals surface area contributed by atoms with E-state index in [0.717, 1.165) is 0 Å². The molecule has 9 heteroatoms. The van der Waals surface area contributed by atoms with E-state index in [0.29, 0.717) is 71.0 Å². The molecule has 0 saturated carbocycles. The highest BCUT2D eigenvalue weighted by molar-refractivity contribution is 5.69. The van der Waals surface area contributed by atoms with Crippen molar-refractivity contribution in [3.63, 3.8) is 0 Å². The molecule has 29 heavy (non-hydrogen) atoms. The first-order valence-electron chi connectivity index (χ1n) is 9.74. The average Bonchev–Trinajstić information content (AvgIpc) is 2.65. The molecule has 9 nitrogen and oxygen atoms in total. The summed E-state index contributed by atoms with van der Waals surface area (Å²) in [6, 6.07) is 3.44. The van der Waals surface area contributed by atoms with Gasteiger partial charge in [-0.2, -0.15) is 0 Å². The van der Waals surface area contributed by atoms with Gasteiger partial charge in [-0.15, -0.1) is 0 Å². The van der Waals surface area contributed by atoms with Gasteiger partial charge in [0, 0.05) is 6.07 Å². The topological polar surface area (TPSA) is 111 Å². The van der Waals surface area contributed by atoms with Gasteiger partial charge in [0.2, 0.25) is 5.88 Å². The van der Waals surface area contributed by atoms with Gasteiger partial charge in [-0.3, -0.25) is 4.79 Å². The molecule has 0 amide bonds. The van der Waals surface area contributed by atoms with Gasteiger partial charge in [0.05, 0.1) is 71.2 Å². The van der Waals surface area contributed by atoms with Gasteiger partial charge < -0.3 is 34.2 Å². The van der Waals surface area contributed by atoms with Crippen molar-refractivity contribution in [2.75, 3.05) is 65.2 Å². The van der Waals surface area contributed by atoms with Gasteiger partial charge in [0.1, 0.15) is 12.2 Å². The van der Waals surface area contributed by atoms with Crippen LogP contribution in [0.2, 0.25) is 0 Å². The summed E-state index contributed by atoms with van der Waals surface area (Å²) in [4.78, 5) is 15.5. The maximum Gasteiger partial charge on any atom is 0.308 e. The monoisotopic (exact) mass is 414 g/mol. The number of hydrogen-bond donors (Lipinski definition) is 1. The SMILES string of the molecule is CC(C)(C)OC(=O)CCOCCOCCOCCOCCOc1ccc(N)cn1. The predicted molar refractivity (Wildman–Crippen MR) is 108 cm³/mol. The maximum atomic E-state index is 11.5. The first-order chi connectivity index (χ1) is 13.9. The molecule has 0 aliphatic rings. The predicted octanol–water partition coefficient (Wildman–Crippen LogP) is 1.84. The fraction of sp³-hybridized carbons (Fsp3) is 0.700. The highest BCUT2D eigenvalue weighted by atomic mass is 16.6. The minimum Gasteiger partial charge on any atom is -0.475 e. The van der Waals surface area contributed by atoms with E-state index in [9.17, 15) is 4.79 Å². The second-order valence-electron chi connectivity index (χ2n) is 7.06. The number of rotatable bonds is 16. The standard InChI is InChI=1S/C20H34N2O7/c1-20(2,3)29-19(23)6-7-24-8-9-25-10-11-26-12-13-27-14-15-28-18-5-4-17(21)16-22-18/h4-5,16H,6-15,21H2,1-3H3. The zero-order valence-electron chi connectivity index (χ0n) is 17.7. The number of nitrogens with zero attached hydrogens (tertiary/aromatic N) is 1. The first kappa shape index (κ1) is 25.1. The van der Waals surface area contributed by atoms with Gasteiger partial charge in [-0.1, -0.05) is 0 Å². The molecule has 2 N–H and O–H groups in total. The van der Waals surface area contributed by atoms with Gasteiger partial charge in [-0.05, 0) is 26.8 Å². The maximum absolute atomic E-state index is 11.5. The van der Waals surface area contributed by atoms with Crippen LogP contribution in [0.15, 0.2) is 18.3 Å². The highest BCUT2D eigenvalue weighted by Crippen LogP contribution is 2.08. The number of carbonyl (C=O) groups is 1. The molecule has 0 atom stereocenters. The van der Waals surface area contributed by atoms with E-state index in [1.807, 2.05) is 20.8 Å². The summed E-state index contributed by atoms with van der Waals surface area (Å²) in [5.74, 6) is 0.257. The van der Waals surface area contributed by atoms with Crippen molar-refractivity contribution in [2.24, 2.45) is 0 Å².